The van der Waals surface area contributed by atoms with Gasteiger partial charge in [-0.3, -0.25) is 10.2 Å². The van der Waals surface area contributed by atoms with E-state index < -0.39 is 0 Å². The topological polar surface area (TPSA) is 59.4 Å². The molecule has 3 heterocycles. The number of amides is 1. The quantitative estimate of drug-likeness (QED) is 0.628. The van der Waals surface area contributed by atoms with E-state index in [-0.39, 0.29) is 12.5 Å². The summed E-state index contributed by atoms with van der Waals surface area (Å²) in [5.74, 6) is 0.422. The van der Waals surface area contributed by atoms with E-state index in [4.69, 9.17) is 33.0 Å². The molecule has 0 saturated carbocycles. The van der Waals surface area contributed by atoms with E-state index in [2.05, 4.69) is 5.43 Å². The lowest BCUT2D eigenvalue weighted by molar-refractivity contribution is 0.0742. The summed E-state index contributed by atoms with van der Waals surface area (Å²) in [5.41, 5.74) is 6.41. The second kappa shape index (κ2) is 7.95. The van der Waals surface area contributed by atoms with E-state index in [1.165, 1.54) is 6.42 Å². The molecule has 3 aromatic rings. The van der Waals surface area contributed by atoms with E-state index in [0.29, 0.717) is 27.2 Å². The van der Waals surface area contributed by atoms with Crippen molar-refractivity contribution in [3.05, 3.63) is 63.8 Å². The summed E-state index contributed by atoms with van der Waals surface area (Å²) in [6.07, 6.45) is 3.34. The molecule has 0 bridgehead atoms. The lowest BCUT2D eigenvalue weighted by Crippen LogP contribution is -2.45. The van der Waals surface area contributed by atoms with Gasteiger partial charge in [0.2, 0.25) is 0 Å². The highest BCUT2D eigenvalue weighted by atomic mass is 35.5. The zero-order chi connectivity index (χ0) is 20.7. The van der Waals surface area contributed by atoms with E-state index in [0.717, 1.165) is 42.8 Å². The average Bonchev–Trinajstić information content (AvgIpc) is 3.14. The van der Waals surface area contributed by atoms with Crippen LogP contribution in [0, 0.1) is 0 Å². The molecule has 1 fully saturated rings. The molecule has 1 aromatic heterocycles. The van der Waals surface area contributed by atoms with Crippen LogP contribution in [0.5, 0.6) is 5.75 Å². The first kappa shape index (κ1) is 19.4. The molecule has 1 saturated heterocycles. The molecular formula is C22H20Cl2N4O2. The molecule has 30 heavy (non-hydrogen) atoms. The summed E-state index contributed by atoms with van der Waals surface area (Å²) in [6.45, 7) is 1.92. The lowest BCUT2D eigenvalue weighted by atomic mass is 10.0. The third-order valence-electron chi connectivity index (χ3n) is 5.47. The highest BCUT2D eigenvalue weighted by molar-refractivity contribution is 6.32. The maximum absolute atomic E-state index is 13.1. The number of hydrazine groups is 1. The molecule has 0 radical (unpaired) electrons. The Balaban J connectivity index is 1.63. The van der Waals surface area contributed by atoms with Crippen molar-refractivity contribution in [2.24, 2.45) is 0 Å². The zero-order valence-electron chi connectivity index (χ0n) is 16.2. The van der Waals surface area contributed by atoms with Crippen molar-refractivity contribution in [3.8, 4) is 22.7 Å². The molecule has 1 amide bonds. The number of carbonyl (C=O) groups excluding carboxylic acids is 1. The van der Waals surface area contributed by atoms with Gasteiger partial charge in [-0.25, -0.2) is 9.69 Å². The SMILES string of the molecule is O=C(NN1CCCCC1)c1nn(-c2ccccc2Cl)c2c1COc1cc(Cl)ccc1-2. The average molecular weight is 443 g/mol. The lowest BCUT2D eigenvalue weighted by Gasteiger charge is -2.26. The number of hydrogen-bond acceptors (Lipinski definition) is 4. The molecule has 5 rings (SSSR count). The summed E-state index contributed by atoms with van der Waals surface area (Å²) >= 11 is 12.6. The van der Waals surface area contributed by atoms with Gasteiger partial charge in [-0.05, 0) is 43.2 Å². The van der Waals surface area contributed by atoms with Gasteiger partial charge in [0.15, 0.2) is 5.69 Å². The number of rotatable bonds is 3. The predicted octanol–water partition coefficient (Wildman–Crippen LogP) is 4.87. The number of aromatic nitrogens is 2. The number of fused-ring (bicyclic) bond motifs is 3. The van der Waals surface area contributed by atoms with Gasteiger partial charge in [-0.1, -0.05) is 41.8 Å². The van der Waals surface area contributed by atoms with Crippen molar-refractivity contribution in [2.45, 2.75) is 25.9 Å². The van der Waals surface area contributed by atoms with Gasteiger partial charge in [0.05, 0.1) is 16.4 Å². The Labute approximate surface area is 184 Å². The molecule has 0 unspecified atom stereocenters. The smallest absolute Gasteiger partial charge is 0.286 e. The van der Waals surface area contributed by atoms with Gasteiger partial charge in [0.25, 0.3) is 5.91 Å². The van der Waals surface area contributed by atoms with Crippen molar-refractivity contribution in [1.29, 1.82) is 0 Å². The molecule has 6 nitrogen and oxygen atoms in total. The van der Waals surface area contributed by atoms with Crippen LogP contribution >= 0.6 is 23.2 Å². The van der Waals surface area contributed by atoms with Crippen LogP contribution in [0.2, 0.25) is 10.0 Å². The Bertz CT molecular complexity index is 1120. The maximum Gasteiger partial charge on any atom is 0.286 e. The van der Waals surface area contributed by atoms with Gasteiger partial charge in [0.1, 0.15) is 12.4 Å². The second-order valence-electron chi connectivity index (χ2n) is 7.46. The van der Waals surface area contributed by atoms with Gasteiger partial charge in [0, 0.05) is 29.2 Å². The Morgan fingerprint density at radius 1 is 1.07 bits per heavy atom. The van der Waals surface area contributed by atoms with Crippen molar-refractivity contribution in [1.82, 2.24) is 20.2 Å². The van der Waals surface area contributed by atoms with Gasteiger partial charge in [-0.2, -0.15) is 5.10 Å². The van der Waals surface area contributed by atoms with Crippen LogP contribution in [0.25, 0.3) is 16.9 Å². The molecule has 2 aliphatic heterocycles. The minimum atomic E-state index is -0.236. The van der Waals surface area contributed by atoms with Crippen molar-refractivity contribution < 1.29 is 9.53 Å². The van der Waals surface area contributed by atoms with Crippen LogP contribution in [-0.4, -0.2) is 33.8 Å². The normalized spacial score (nSPS) is 15.8. The van der Waals surface area contributed by atoms with E-state index in [9.17, 15) is 4.79 Å². The fourth-order valence-corrected chi connectivity index (χ4v) is 4.39. The fraction of sp³-hybridized carbons (Fsp3) is 0.273. The Morgan fingerprint density at radius 3 is 2.67 bits per heavy atom. The van der Waals surface area contributed by atoms with Crippen LogP contribution in [-0.2, 0) is 6.61 Å². The number of para-hydroxylation sites is 1. The standard InChI is InChI=1S/C22H20Cl2N4O2/c23-14-8-9-15-19(12-14)30-13-16-20(22(29)26-27-10-4-1-5-11-27)25-28(21(15)16)18-7-3-2-6-17(18)24/h2-3,6-9,12H,1,4-5,10-11,13H2,(H,26,29). The first-order valence-electron chi connectivity index (χ1n) is 9.97. The largest absolute Gasteiger partial charge is 0.488 e. The van der Waals surface area contributed by atoms with Crippen LogP contribution in [0.1, 0.15) is 35.3 Å². The van der Waals surface area contributed by atoms with Crippen LogP contribution in [0.4, 0.5) is 0 Å². The molecule has 2 aliphatic rings. The first-order chi connectivity index (χ1) is 14.6. The fourth-order valence-electron chi connectivity index (χ4n) is 4.01. The minimum Gasteiger partial charge on any atom is -0.488 e. The zero-order valence-corrected chi connectivity index (χ0v) is 17.7. The van der Waals surface area contributed by atoms with E-state index in [1.807, 2.05) is 29.3 Å². The number of ether oxygens (including phenoxy) is 1. The molecule has 0 atom stereocenters. The summed E-state index contributed by atoms with van der Waals surface area (Å²) in [6, 6.07) is 12.9. The van der Waals surface area contributed by atoms with Crippen molar-refractivity contribution in [2.75, 3.05) is 13.1 Å². The number of nitrogens with zero attached hydrogens (tertiary/aromatic N) is 3. The molecule has 8 heteroatoms. The summed E-state index contributed by atoms with van der Waals surface area (Å²) in [7, 11) is 0. The summed E-state index contributed by atoms with van der Waals surface area (Å²) in [5, 5.41) is 7.79. The van der Waals surface area contributed by atoms with Crippen LogP contribution in [0.3, 0.4) is 0 Å². The van der Waals surface area contributed by atoms with Gasteiger partial charge in [-0.15, -0.1) is 0 Å². The number of carbonyl (C=O) groups is 1. The molecule has 2 aromatic carbocycles. The Kier molecular flexibility index (Phi) is 5.15. The maximum atomic E-state index is 13.1. The van der Waals surface area contributed by atoms with E-state index in [1.54, 1.807) is 22.9 Å². The number of hydrogen-bond donors (Lipinski definition) is 1. The highest BCUT2D eigenvalue weighted by Gasteiger charge is 2.31. The van der Waals surface area contributed by atoms with Crippen LogP contribution in [0.15, 0.2) is 42.5 Å². The third-order valence-corrected chi connectivity index (χ3v) is 6.02. The van der Waals surface area contributed by atoms with Crippen molar-refractivity contribution in [3.63, 3.8) is 0 Å². The molecule has 1 N–H and O–H groups in total. The van der Waals surface area contributed by atoms with Crippen molar-refractivity contribution >= 4 is 29.1 Å². The number of halogens is 2. The Morgan fingerprint density at radius 2 is 1.87 bits per heavy atom. The molecule has 0 aliphatic carbocycles. The predicted molar refractivity (Wildman–Crippen MR) is 116 cm³/mol. The van der Waals surface area contributed by atoms with Crippen LogP contribution < -0.4 is 10.2 Å². The number of nitrogens with one attached hydrogen (secondary N) is 1. The molecular weight excluding hydrogens is 423 g/mol. The highest BCUT2D eigenvalue weighted by Crippen LogP contribution is 2.42. The Hall–Kier alpha value is -2.54. The minimum absolute atomic E-state index is 0.232. The van der Waals surface area contributed by atoms with E-state index >= 15 is 0 Å². The summed E-state index contributed by atoms with van der Waals surface area (Å²) in [4.78, 5) is 13.1. The first-order valence-corrected chi connectivity index (χ1v) is 10.7. The molecule has 0 spiro atoms. The number of piperidine rings is 1. The second-order valence-corrected chi connectivity index (χ2v) is 8.30. The number of benzene rings is 2. The van der Waals surface area contributed by atoms with Gasteiger partial charge < -0.3 is 4.74 Å². The summed E-state index contributed by atoms with van der Waals surface area (Å²) < 4.78 is 7.66. The monoisotopic (exact) mass is 442 g/mol. The third kappa shape index (κ3) is 3.45. The van der Waals surface area contributed by atoms with Gasteiger partial charge >= 0.3 is 0 Å². The molecule has 154 valence electrons.